The molecule has 0 aromatic heterocycles. The van der Waals surface area contributed by atoms with Gasteiger partial charge >= 0.3 is 0 Å². The molecule has 4 rings (SSSR count). The minimum Gasteiger partial charge on any atom is -0.493 e. The summed E-state index contributed by atoms with van der Waals surface area (Å²) in [4.78, 5) is 29.7. The van der Waals surface area contributed by atoms with E-state index in [1.54, 1.807) is 73.7 Å². The predicted molar refractivity (Wildman–Crippen MR) is 145 cm³/mol. The normalized spacial score (nSPS) is 15.3. The minimum absolute atomic E-state index is 0.105. The number of hydrogen-bond acceptors (Lipinski definition) is 5. The number of hydrogen-bond donors (Lipinski definition) is 1. The molecule has 0 saturated carbocycles. The summed E-state index contributed by atoms with van der Waals surface area (Å²) in [5, 5.41) is 4.12. The van der Waals surface area contributed by atoms with Gasteiger partial charge in [0.15, 0.2) is 16.6 Å². The van der Waals surface area contributed by atoms with Crippen molar-refractivity contribution in [3.05, 3.63) is 82.3 Å². The van der Waals surface area contributed by atoms with Crippen LogP contribution in [-0.2, 0) is 16.1 Å². The van der Waals surface area contributed by atoms with Crippen molar-refractivity contribution in [1.29, 1.82) is 0 Å². The molecule has 10 heteroatoms. The number of rotatable bonds is 8. The molecule has 3 aromatic rings. The van der Waals surface area contributed by atoms with E-state index in [9.17, 15) is 9.59 Å². The van der Waals surface area contributed by atoms with Crippen molar-refractivity contribution in [3.63, 3.8) is 0 Å². The lowest BCUT2D eigenvalue weighted by Crippen LogP contribution is -2.37. The quantitative estimate of drug-likeness (QED) is 0.376. The van der Waals surface area contributed by atoms with Gasteiger partial charge in [-0.15, -0.1) is 0 Å². The zero-order valence-corrected chi connectivity index (χ0v) is 21.9. The first-order valence-corrected chi connectivity index (χ1v) is 12.1. The number of anilines is 2. The molecule has 3 aromatic carbocycles. The van der Waals surface area contributed by atoms with Crippen LogP contribution >= 0.6 is 35.4 Å². The fourth-order valence-corrected chi connectivity index (χ4v) is 4.66. The lowest BCUT2D eigenvalue weighted by atomic mass is 10.1. The van der Waals surface area contributed by atoms with Gasteiger partial charge < -0.3 is 19.7 Å². The van der Waals surface area contributed by atoms with Gasteiger partial charge in [0.1, 0.15) is 6.04 Å². The highest BCUT2D eigenvalue weighted by Crippen LogP contribution is 2.33. The van der Waals surface area contributed by atoms with Gasteiger partial charge in [-0.25, -0.2) is 0 Å². The number of thiocarbonyl (C=S) groups is 1. The smallest absolute Gasteiger partial charge is 0.256 e. The Morgan fingerprint density at radius 1 is 0.972 bits per heavy atom. The van der Waals surface area contributed by atoms with E-state index in [0.717, 1.165) is 5.56 Å². The van der Waals surface area contributed by atoms with Gasteiger partial charge in [0.2, 0.25) is 5.91 Å². The molecular formula is C26H23Cl2N3O4S. The molecule has 1 heterocycles. The van der Waals surface area contributed by atoms with Crippen LogP contribution in [0.1, 0.15) is 12.0 Å². The van der Waals surface area contributed by atoms with Crippen LogP contribution in [0.3, 0.4) is 0 Å². The van der Waals surface area contributed by atoms with Crippen molar-refractivity contribution in [3.8, 4) is 11.5 Å². The first-order chi connectivity index (χ1) is 17.3. The molecule has 0 aliphatic carbocycles. The Kier molecular flexibility index (Phi) is 7.98. The molecule has 1 aliphatic heterocycles. The maximum absolute atomic E-state index is 13.6. The summed E-state index contributed by atoms with van der Waals surface area (Å²) in [6.45, 7) is 0.279. The molecule has 1 atom stereocenters. The van der Waals surface area contributed by atoms with Crippen molar-refractivity contribution < 1.29 is 19.1 Å². The fourth-order valence-electron chi connectivity index (χ4n) is 3.96. The number of ether oxygens (including phenoxy) is 2. The Morgan fingerprint density at radius 3 is 2.36 bits per heavy atom. The molecule has 0 bridgehead atoms. The molecule has 1 saturated heterocycles. The third-order valence-electron chi connectivity index (χ3n) is 5.69. The monoisotopic (exact) mass is 543 g/mol. The Balaban J connectivity index is 1.63. The third-order valence-corrected chi connectivity index (χ3v) is 6.60. The van der Waals surface area contributed by atoms with Gasteiger partial charge in [0.25, 0.3) is 5.91 Å². The summed E-state index contributed by atoms with van der Waals surface area (Å²) < 4.78 is 10.7. The van der Waals surface area contributed by atoms with Crippen LogP contribution < -0.4 is 19.7 Å². The average molecular weight is 544 g/mol. The van der Waals surface area contributed by atoms with Crippen LogP contribution in [0.2, 0.25) is 10.0 Å². The molecule has 186 valence electrons. The van der Waals surface area contributed by atoms with Gasteiger partial charge in [-0.05, 0) is 72.4 Å². The van der Waals surface area contributed by atoms with Crippen molar-refractivity contribution >= 4 is 63.7 Å². The zero-order chi connectivity index (χ0) is 25.8. The Hall–Kier alpha value is -3.33. The van der Waals surface area contributed by atoms with E-state index < -0.39 is 6.04 Å². The van der Waals surface area contributed by atoms with E-state index in [1.165, 1.54) is 4.90 Å². The summed E-state index contributed by atoms with van der Waals surface area (Å²) in [6, 6.07) is 18.3. The van der Waals surface area contributed by atoms with E-state index in [-0.39, 0.29) is 29.9 Å². The Bertz CT molecular complexity index is 1300. The number of halogens is 2. The Morgan fingerprint density at radius 2 is 1.69 bits per heavy atom. The number of nitrogens with one attached hydrogen (secondary N) is 1. The second kappa shape index (κ2) is 11.2. The van der Waals surface area contributed by atoms with Gasteiger partial charge in [0.05, 0.1) is 26.3 Å². The SMILES string of the molecule is COc1ccc(CN2C(=S)N(c3cccc(Cl)c3)C(=O)C2CC(=O)Nc2ccc(Cl)cc2)cc1OC. The highest BCUT2D eigenvalue weighted by Gasteiger charge is 2.44. The summed E-state index contributed by atoms with van der Waals surface area (Å²) in [5.41, 5.74) is 1.95. The standard InChI is InChI=1S/C26H23Cl2N3O4S/c1-34-22-11-6-16(12-23(22)35-2)15-30-21(14-24(32)29-19-9-7-17(27)8-10-19)25(33)31(26(30)36)20-5-3-4-18(28)13-20/h3-13,21H,14-15H2,1-2H3,(H,29,32). The summed E-state index contributed by atoms with van der Waals surface area (Å²) in [7, 11) is 3.11. The van der Waals surface area contributed by atoms with Gasteiger partial charge in [-0.2, -0.15) is 0 Å². The van der Waals surface area contributed by atoms with Gasteiger partial charge in [-0.1, -0.05) is 35.3 Å². The first-order valence-electron chi connectivity index (χ1n) is 11.0. The number of nitrogens with zero attached hydrogens (tertiary/aromatic N) is 2. The number of carbonyl (C=O) groups excluding carboxylic acids is 2. The van der Waals surface area contributed by atoms with Crippen molar-refractivity contribution in [1.82, 2.24) is 4.90 Å². The lowest BCUT2D eigenvalue weighted by molar-refractivity contribution is -0.124. The fraction of sp³-hybridized carbons (Fsp3) is 0.192. The molecule has 1 aliphatic rings. The molecule has 1 unspecified atom stereocenters. The molecular weight excluding hydrogens is 521 g/mol. The minimum atomic E-state index is -0.822. The predicted octanol–water partition coefficient (Wildman–Crippen LogP) is 5.54. The van der Waals surface area contributed by atoms with Crippen LogP contribution in [0.5, 0.6) is 11.5 Å². The van der Waals surface area contributed by atoms with E-state index in [0.29, 0.717) is 32.9 Å². The maximum Gasteiger partial charge on any atom is 0.256 e. The molecule has 1 fully saturated rings. The third kappa shape index (κ3) is 5.56. The highest BCUT2D eigenvalue weighted by molar-refractivity contribution is 7.80. The van der Waals surface area contributed by atoms with E-state index in [4.69, 9.17) is 44.9 Å². The number of carbonyl (C=O) groups is 2. The zero-order valence-electron chi connectivity index (χ0n) is 19.5. The van der Waals surface area contributed by atoms with Crippen LogP contribution in [0, 0.1) is 0 Å². The molecule has 0 radical (unpaired) electrons. The Labute approximate surface area is 224 Å². The molecule has 36 heavy (non-hydrogen) atoms. The average Bonchev–Trinajstić information content (AvgIpc) is 3.09. The van der Waals surface area contributed by atoms with Crippen molar-refractivity contribution in [2.45, 2.75) is 19.0 Å². The van der Waals surface area contributed by atoms with E-state index >= 15 is 0 Å². The maximum atomic E-state index is 13.6. The van der Waals surface area contributed by atoms with Gasteiger partial charge in [0, 0.05) is 22.3 Å². The van der Waals surface area contributed by atoms with E-state index in [1.807, 2.05) is 12.1 Å². The highest BCUT2D eigenvalue weighted by atomic mass is 35.5. The van der Waals surface area contributed by atoms with Crippen LogP contribution in [0.25, 0.3) is 0 Å². The molecule has 0 spiro atoms. The van der Waals surface area contributed by atoms with Crippen molar-refractivity contribution in [2.24, 2.45) is 0 Å². The first kappa shape index (κ1) is 25.8. The lowest BCUT2D eigenvalue weighted by Gasteiger charge is -2.24. The summed E-state index contributed by atoms with van der Waals surface area (Å²) in [6.07, 6.45) is -0.105. The van der Waals surface area contributed by atoms with Gasteiger partial charge in [-0.3, -0.25) is 14.5 Å². The largest absolute Gasteiger partial charge is 0.493 e. The second-order valence-corrected chi connectivity index (χ2v) is 9.27. The number of methoxy groups -OCH3 is 2. The van der Waals surface area contributed by atoms with Crippen LogP contribution in [-0.4, -0.2) is 42.1 Å². The van der Waals surface area contributed by atoms with Crippen molar-refractivity contribution in [2.75, 3.05) is 24.4 Å². The second-order valence-electron chi connectivity index (χ2n) is 8.03. The van der Waals surface area contributed by atoms with Crippen LogP contribution in [0.15, 0.2) is 66.7 Å². The molecule has 1 N–H and O–H groups in total. The molecule has 2 amide bonds. The van der Waals surface area contributed by atoms with Crippen LogP contribution in [0.4, 0.5) is 11.4 Å². The topological polar surface area (TPSA) is 71.1 Å². The number of benzene rings is 3. The molecule has 7 nitrogen and oxygen atoms in total. The number of amides is 2. The summed E-state index contributed by atoms with van der Waals surface area (Å²) >= 11 is 17.8. The van der Waals surface area contributed by atoms with E-state index in [2.05, 4.69) is 5.32 Å². The summed E-state index contributed by atoms with van der Waals surface area (Å²) in [5.74, 6) is 0.494.